The number of hydrogen-bond donors (Lipinski definition) is 1. The zero-order valence-corrected chi connectivity index (χ0v) is 12.2. The number of rotatable bonds is 4. The molecule has 2 N–H and O–H groups in total. The van der Waals surface area contributed by atoms with Gasteiger partial charge in [-0.05, 0) is 24.6 Å². The van der Waals surface area contributed by atoms with Gasteiger partial charge < -0.3 is 5.73 Å². The van der Waals surface area contributed by atoms with Crippen LogP contribution in [0.2, 0.25) is 5.15 Å². The molecule has 0 radical (unpaired) electrons. The number of aromatic nitrogens is 1. The van der Waals surface area contributed by atoms with Crippen molar-refractivity contribution in [3.63, 3.8) is 0 Å². The summed E-state index contributed by atoms with van der Waals surface area (Å²) in [6.45, 7) is 4.86. The molecule has 0 saturated heterocycles. The van der Waals surface area contributed by atoms with Gasteiger partial charge in [-0.3, -0.25) is 0 Å². The van der Waals surface area contributed by atoms with Crippen molar-refractivity contribution in [3.8, 4) is 0 Å². The summed E-state index contributed by atoms with van der Waals surface area (Å²) in [5.41, 5.74) is 8.85. The van der Waals surface area contributed by atoms with Crippen LogP contribution >= 0.6 is 23.4 Å². The largest absolute Gasteiger partial charge is 0.329 e. The number of hydrogen-bond acceptors (Lipinski definition) is 3. The minimum absolute atomic E-state index is 0.440. The van der Waals surface area contributed by atoms with Gasteiger partial charge in [-0.25, -0.2) is 4.98 Å². The summed E-state index contributed by atoms with van der Waals surface area (Å²) < 4.78 is 0. The van der Waals surface area contributed by atoms with Crippen molar-refractivity contribution in [2.45, 2.75) is 24.9 Å². The third-order valence-corrected chi connectivity index (χ3v) is 4.42. The van der Waals surface area contributed by atoms with Gasteiger partial charge in [0.05, 0.1) is 5.52 Å². The summed E-state index contributed by atoms with van der Waals surface area (Å²) in [5, 5.41) is 2.18. The Morgan fingerprint density at radius 1 is 1.39 bits per heavy atom. The fourth-order valence-corrected chi connectivity index (χ4v) is 2.81. The zero-order chi connectivity index (χ0) is 13.1. The summed E-state index contributed by atoms with van der Waals surface area (Å²) in [6, 6.07) is 8.37. The number of nitrogens with zero attached hydrogens (tertiary/aromatic N) is 1. The van der Waals surface area contributed by atoms with Crippen molar-refractivity contribution in [1.82, 2.24) is 4.98 Å². The molecule has 2 aromatic rings. The molecular formula is C14H17ClN2S. The zero-order valence-electron chi connectivity index (χ0n) is 10.6. The van der Waals surface area contributed by atoms with Gasteiger partial charge in [-0.2, -0.15) is 11.8 Å². The van der Waals surface area contributed by atoms with Crippen molar-refractivity contribution < 1.29 is 0 Å². The SMILES string of the molecule is Cc1ccc2cc(CSC(C)CN)c(Cl)nc2c1. The van der Waals surface area contributed by atoms with Crippen molar-refractivity contribution in [2.75, 3.05) is 6.54 Å². The first kappa shape index (κ1) is 13.7. The Labute approximate surface area is 117 Å². The number of nitrogens with two attached hydrogens (primary N) is 1. The van der Waals surface area contributed by atoms with E-state index in [1.807, 2.05) is 0 Å². The minimum Gasteiger partial charge on any atom is -0.329 e. The van der Waals surface area contributed by atoms with E-state index < -0.39 is 0 Å². The maximum atomic E-state index is 6.23. The van der Waals surface area contributed by atoms with Crippen LogP contribution in [0, 0.1) is 6.92 Å². The summed E-state index contributed by atoms with van der Waals surface area (Å²) >= 11 is 8.03. The van der Waals surface area contributed by atoms with Gasteiger partial charge in [0.25, 0.3) is 0 Å². The highest BCUT2D eigenvalue weighted by Gasteiger charge is 2.07. The van der Waals surface area contributed by atoms with E-state index in [4.69, 9.17) is 17.3 Å². The van der Waals surface area contributed by atoms with Gasteiger partial charge in [0.1, 0.15) is 5.15 Å². The van der Waals surface area contributed by atoms with E-state index in [-0.39, 0.29) is 0 Å². The molecule has 1 aromatic heterocycles. The van der Waals surface area contributed by atoms with Crippen LogP contribution in [-0.4, -0.2) is 16.8 Å². The Morgan fingerprint density at radius 2 is 2.17 bits per heavy atom. The van der Waals surface area contributed by atoms with Gasteiger partial charge in [-0.15, -0.1) is 0 Å². The van der Waals surface area contributed by atoms with Crippen molar-refractivity contribution in [2.24, 2.45) is 5.73 Å². The highest BCUT2D eigenvalue weighted by atomic mass is 35.5. The molecule has 1 atom stereocenters. The predicted molar refractivity (Wildman–Crippen MR) is 81.3 cm³/mol. The Morgan fingerprint density at radius 3 is 2.89 bits per heavy atom. The highest BCUT2D eigenvalue weighted by molar-refractivity contribution is 7.99. The molecule has 1 aromatic carbocycles. The van der Waals surface area contributed by atoms with Crippen LogP contribution < -0.4 is 5.73 Å². The highest BCUT2D eigenvalue weighted by Crippen LogP contribution is 2.26. The van der Waals surface area contributed by atoms with Crippen LogP contribution in [0.5, 0.6) is 0 Å². The molecule has 0 bridgehead atoms. The summed E-state index contributed by atoms with van der Waals surface area (Å²) in [5.74, 6) is 0.855. The molecule has 1 unspecified atom stereocenters. The molecule has 0 aliphatic carbocycles. The molecule has 18 heavy (non-hydrogen) atoms. The van der Waals surface area contributed by atoms with Crippen LogP contribution in [0.3, 0.4) is 0 Å². The van der Waals surface area contributed by atoms with Crippen LogP contribution in [0.4, 0.5) is 0 Å². The molecule has 0 amide bonds. The Kier molecular flexibility index (Phi) is 4.49. The molecule has 2 nitrogen and oxygen atoms in total. The number of halogens is 1. The monoisotopic (exact) mass is 280 g/mol. The normalized spacial score (nSPS) is 12.9. The van der Waals surface area contributed by atoms with Gasteiger partial charge in [0, 0.05) is 28.5 Å². The first-order valence-corrected chi connectivity index (χ1v) is 7.40. The van der Waals surface area contributed by atoms with E-state index in [2.05, 4.69) is 43.1 Å². The molecule has 0 spiro atoms. The second-order valence-electron chi connectivity index (χ2n) is 4.49. The molecule has 2 rings (SSSR count). The summed E-state index contributed by atoms with van der Waals surface area (Å²) in [4.78, 5) is 4.46. The number of fused-ring (bicyclic) bond motifs is 1. The lowest BCUT2D eigenvalue weighted by atomic mass is 10.1. The maximum absolute atomic E-state index is 6.23. The molecule has 1 heterocycles. The quantitative estimate of drug-likeness (QED) is 0.867. The lowest BCUT2D eigenvalue weighted by Crippen LogP contribution is -2.12. The number of aryl methyl sites for hydroxylation is 1. The van der Waals surface area contributed by atoms with Gasteiger partial charge >= 0.3 is 0 Å². The minimum atomic E-state index is 0.440. The second kappa shape index (κ2) is 5.91. The first-order valence-electron chi connectivity index (χ1n) is 5.97. The topological polar surface area (TPSA) is 38.9 Å². The van der Waals surface area contributed by atoms with E-state index in [0.29, 0.717) is 16.9 Å². The average molecular weight is 281 g/mol. The van der Waals surface area contributed by atoms with Crippen molar-refractivity contribution in [1.29, 1.82) is 0 Å². The smallest absolute Gasteiger partial charge is 0.133 e. The molecular weight excluding hydrogens is 264 g/mol. The maximum Gasteiger partial charge on any atom is 0.133 e. The van der Waals surface area contributed by atoms with E-state index in [0.717, 1.165) is 22.2 Å². The van der Waals surface area contributed by atoms with Gasteiger partial charge in [0.15, 0.2) is 0 Å². The number of thioether (sulfide) groups is 1. The number of pyridine rings is 1. The predicted octanol–water partition coefficient (Wildman–Crippen LogP) is 3.78. The molecule has 4 heteroatoms. The van der Waals surface area contributed by atoms with Crippen molar-refractivity contribution in [3.05, 3.63) is 40.5 Å². The van der Waals surface area contributed by atoms with E-state index in [1.165, 1.54) is 5.56 Å². The first-order chi connectivity index (χ1) is 8.60. The van der Waals surface area contributed by atoms with Crippen LogP contribution in [0.1, 0.15) is 18.1 Å². The standard InChI is InChI=1S/C14H17ClN2S/c1-9-3-4-11-6-12(8-18-10(2)7-16)14(15)17-13(11)5-9/h3-6,10H,7-8,16H2,1-2H3. The molecule has 0 saturated carbocycles. The van der Waals surface area contributed by atoms with E-state index >= 15 is 0 Å². The summed E-state index contributed by atoms with van der Waals surface area (Å²) in [6.07, 6.45) is 0. The third-order valence-electron chi connectivity index (χ3n) is 2.85. The average Bonchev–Trinajstić information content (AvgIpc) is 2.35. The van der Waals surface area contributed by atoms with Crippen LogP contribution in [0.25, 0.3) is 10.9 Å². The van der Waals surface area contributed by atoms with Crippen molar-refractivity contribution >= 4 is 34.3 Å². The second-order valence-corrected chi connectivity index (χ2v) is 6.28. The fraction of sp³-hybridized carbons (Fsp3) is 0.357. The Bertz CT molecular complexity index is 557. The third kappa shape index (κ3) is 3.16. The molecule has 0 fully saturated rings. The summed E-state index contributed by atoms with van der Waals surface area (Å²) in [7, 11) is 0. The van der Waals surface area contributed by atoms with E-state index in [9.17, 15) is 0 Å². The van der Waals surface area contributed by atoms with Gasteiger partial charge in [0.2, 0.25) is 0 Å². The van der Waals surface area contributed by atoms with Crippen LogP contribution in [-0.2, 0) is 5.75 Å². The lowest BCUT2D eigenvalue weighted by molar-refractivity contribution is 0.950. The Balaban J connectivity index is 2.29. The van der Waals surface area contributed by atoms with E-state index in [1.54, 1.807) is 11.8 Å². The number of benzene rings is 1. The fourth-order valence-electron chi connectivity index (χ4n) is 1.70. The molecule has 0 aliphatic rings. The lowest BCUT2D eigenvalue weighted by Gasteiger charge is -2.10. The van der Waals surface area contributed by atoms with Crippen LogP contribution in [0.15, 0.2) is 24.3 Å². The molecule has 96 valence electrons. The van der Waals surface area contributed by atoms with Gasteiger partial charge in [-0.1, -0.05) is 30.7 Å². The Hall–Kier alpha value is -0.770. The molecule has 0 aliphatic heterocycles.